The summed E-state index contributed by atoms with van der Waals surface area (Å²) >= 11 is 1.27. The largest absolute Gasteiger partial charge is 0.462 e. The Labute approximate surface area is 226 Å². The summed E-state index contributed by atoms with van der Waals surface area (Å²) in [5, 5.41) is 0.588. The highest BCUT2D eigenvalue weighted by Crippen LogP contribution is 2.34. The molecule has 1 aliphatic rings. The lowest BCUT2D eigenvalue weighted by Gasteiger charge is -2.36. The number of nitrogens with zero attached hydrogens (tertiary/aromatic N) is 1. The first-order chi connectivity index (χ1) is 18.5. The van der Waals surface area contributed by atoms with Crippen molar-refractivity contribution in [2.75, 3.05) is 6.61 Å². The molecule has 12 heteroatoms. The van der Waals surface area contributed by atoms with Crippen molar-refractivity contribution in [1.29, 1.82) is 0 Å². The van der Waals surface area contributed by atoms with Crippen molar-refractivity contribution >= 4 is 45.5 Å². The molecule has 11 nitrogen and oxygen atoms in total. The lowest BCUT2D eigenvalue weighted by Crippen LogP contribution is -2.44. The zero-order chi connectivity index (χ0) is 28.3. The highest BCUT2D eigenvalue weighted by atomic mass is 32.1. The molecule has 2 heterocycles. The van der Waals surface area contributed by atoms with Gasteiger partial charge in [-0.3, -0.25) is 19.2 Å². The first-order valence-corrected chi connectivity index (χ1v) is 12.7. The van der Waals surface area contributed by atoms with Crippen LogP contribution in [0.2, 0.25) is 0 Å². The lowest BCUT2D eigenvalue weighted by molar-refractivity contribution is -0.171. The van der Waals surface area contributed by atoms with Crippen molar-refractivity contribution in [3.63, 3.8) is 0 Å². The smallest absolute Gasteiger partial charge is 0.345 e. The van der Waals surface area contributed by atoms with Crippen molar-refractivity contribution in [2.24, 2.45) is 5.92 Å². The third-order valence-corrected chi connectivity index (χ3v) is 6.91. The van der Waals surface area contributed by atoms with Gasteiger partial charge >= 0.3 is 29.8 Å². The van der Waals surface area contributed by atoms with E-state index >= 15 is 0 Å². The first kappa shape index (κ1) is 27.6. The summed E-state index contributed by atoms with van der Waals surface area (Å²) < 4.78 is 29.2. The number of hydrogen-bond acceptors (Lipinski definition) is 11. The van der Waals surface area contributed by atoms with Crippen LogP contribution < -0.4 is 5.56 Å². The Balaban J connectivity index is 1.63. The second-order valence-corrected chi connectivity index (χ2v) is 9.70. The number of rotatable bonds is 7. The van der Waals surface area contributed by atoms with Gasteiger partial charge in [-0.05, 0) is 36.4 Å². The molecule has 2 aromatic carbocycles. The van der Waals surface area contributed by atoms with Gasteiger partial charge in [-0.15, -0.1) is 0 Å². The number of aromatic nitrogens is 1. The number of benzene rings is 2. The summed E-state index contributed by atoms with van der Waals surface area (Å²) in [5.74, 6) is -4.31. The molecule has 1 aromatic heterocycles. The van der Waals surface area contributed by atoms with E-state index in [-0.39, 0.29) is 23.5 Å². The van der Waals surface area contributed by atoms with Crippen LogP contribution in [0.4, 0.5) is 0 Å². The summed E-state index contributed by atoms with van der Waals surface area (Å²) in [6.45, 7) is 4.92. The molecule has 0 spiro atoms. The average molecular weight is 556 g/mol. The molecule has 0 aliphatic carbocycles. The topological polar surface area (TPSA) is 136 Å². The third-order valence-electron chi connectivity index (χ3n) is 5.79. The molecule has 1 aliphatic heterocycles. The molecular formula is C27H25NO10S. The quantitative estimate of drug-likeness (QED) is 0.315. The standard InChI is InChI=1S/C27H25NO10S/c1-14-21(13-34-15(2)29)37-27(24(36-17(4)31)23(14)35-16(3)30)38-26(33)18-9-11-19(12-10-18)28-25(32)20-7-5-6-8-22(20)39-28/h5-12,14,21,23H,13H2,1-4H3. The van der Waals surface area contributed by atoms with Crippen LogP contribution in [0.5, 0.6) is 0 Å². The number of fused-ring (bicyclic) bond motifs is 1. The van der Waals surface area contributed by atoms with E-state index in [9.17, 15) is 24.0 Å². The van der Waals surface area contributed by atoms with Gasteiger partial charge in [0.15, 0.2) is 6.10 Å². The number of ether oxygens (including phenoxy) is 5. The van der Waals surface area contributed by atoms with Gasteiger partial charge in [-0.25, -0.2) is 8.75 Å². The van der Waals surface area contributed by atoms with Gasteiger partial charge < -0.3 is 23.7 Å². The number of hydrogen-bond donors (Lipinski definition) is 0. The van der Waals surface area contributed by atoms with Crippen LogP contribution in [0.3, 0.4) is 0 Å². The molecule has 39 heavy (non-hydrogen) atoms. The van der Waals surface area contributed by atoms with Crippen LogP contribution in [0, 0.1) is 5.92 Å². The van der Waals surface area contributed by atoms with Crippen molar-refractivity contribution < 1.29 is 42.9 Å². The van der Waals surface area contributed by atoms with Crippen LogP contribution in [-0.4, -0.2) is 46.6 Å². The maximum absolute atomic E-state index is 13.0. The molecule has 0 fully saturated rings. The summed E-state index contributed by atoms with van der Waals surface area (Å²) in [5.41, 5.74) is 0.476. The molecule has 3 unspecified atom stereocenters. The zero-order valence-corrected chi connectivity index (χ0v) is 22.3. The fourth-order valence-corrected chi connectivity index (χ4v) is 4.92. The van der Waals surface area contributed by atoms with Gasteiger partial charge in [0.05, 0.1) is 21.3 Å². The van der Waals surface area contributed by atoms with Crippen molar-refractivity contribution in [1.82, 2.24) is 3.96 Å². The second kappa shape index (κ2) is 11.5. The van der Waals surface area contributed by atoms with Gasteiger partial charge in [-0.2, -0.15) is 0 Å². The van der Waals surface area contributed by atoms with E-state index in [1.165, 1.54) is 41.5 Å². The number of esters is 4. The maximum atomic E-state index is 13.0. The summed E-state index contributed by atoms with van der Waals surface area (Å²) in [6.07, 6.45) is -2.05. The Morgan fingerprint density at radius 1 is 0.923 bits per heavy atom. The van der Waals surface area contributed by atoms with Gasteiger partial charge in [0.25, 0.3) is 5.56 Å². The van der Waals surface area contributed by atoms with Gasteiger partial charge in [0.1, 0.15) is 12.7 Å². The maximum Gasteiger partial charge on any atom is 0.345 e. The molecule has 4 rings (SSSR count). The Hall–Kier alpha value is -4.45. The van der Waals surface area contributed by atoms with Crippen LogP contribution >= 0.6 is 11.5 Å². The molecule has 0 amide bonds. The molecule has 3 atom stereocenters. The molecule has 204 valence electrons. The van der Waals surface area contributed by atoms with Crippen LogP contribution in [0.25, 0.3) is 15.8 Å². The van der Waals surface area contributed by atoms with Crippen molar-refractivity contribution in [3.05, 3.63) is 76.2 Å². The number of carbonyl (C=O) groups is 4. The van der Waals surface area contributed by atoms with Gasteiger partial charge in [0, 0.05) is 26.7 Å². The predicted molar refractivity (Wildman–Crippen MR) is 138 cm³/mol. The predicted octanol–water partition coefficient (Wildman–Crippen LogP) is 3.47. The lowest BCUT2D eigenvalue weighted by atomic mass is 9.94. The van der Waals surface area contributed by atoms with E-state index in [2.05, 4.69) is 0 Å². The highest BCUT2D eigenvalue weighted by molar-refractivity contribution is 7.14. The van der Waals surface area contributed by atoms with Crippen LogP contribution in [0.15, 0.2) is 65.0 Å². The monoisotopic (exact) mass is 555 g/mol. The normalized spacial score (nSPS) is 18.7. The Kier molecular flexibility index (Phi) is 8.15. The Bertz CT molecular complexity index is 1520. The average Bonchev–Trinajstić information content (AvgIpc) is 3.23. The SMILES string of the molecule is CC(=O)OCC1OC(OC(=O)c2ccc(-n3sc4ccccc4c3=O)cc2)=C(OC(C)=O)C(OC(C)=O)C1C. The van der Waals surface area contributed by atoms with Crippen molar-refractivity contribution in [3.8, 4) is 5.69 Å². The zero-order valence-electron chi connectivity index (χ0n) is 21.5. The minimum absolute atomic E-state index is 0.102. The molecular weight excluding hydrogens is 530 g/mol. The van der Waals surface area contributed by atoms with Crippen LogP contribution in [0.1, 0.15) is 38.1 Å². The van der Waals surface area contributed by atoms with E-state index in [0.29, 0.717) is 11.1 Å². The second-order valence-electron chi connectivity index (χ2n) is 8.72. The summed E-state index contributed by atoms with van der Waals surface area (Å²) in [6, 6.07) is 13.3. The molecule has 0 bridgehead atoms. The van der Waals surface area contributed by atoms with E-state index in [4.69, 9.17) is 23.7 Å². The minimum Gasteiger partial charge on any atom is -0.462 e. The van der Waals surface area contributed by atoms with Gasteiger partial charge in [0.2, 0.25) is 5.76 Å². The molecule has 3 aromatic rings. The van der Waals surface area contributed by atoms with Crippen molar-refractivity contribution in [2.45, 2.75) is 39.9 Å². The minimum atomic E-state index is -1.16. The summed E-state index contributed by atoms with van der Waals surface area (Å²) in [4.78, 5) is 60.8. The van der Waals surface area contributed by atoms with E-state index < -0.39 is 47.9 Å². The van der Waals surface area contributed by atoms with E-state index in [1.807, 2.05) is 12.1 Å². The Morgan fingerprint density at radius 3 is 2.23 bits per heavy atom. The molecule has 0 saturated carbocycles. The third kappa shape index (κ3) is 6.17. The van der Waals surface area contributed by atoms with Crippen LogP contribution in [-0.2, 0) is 38.1 Å². The highest BCUT2D eigenvalue weighted by Gasteiger charge is 2.44. The van der Waals surface area contributed by atoms with E-state index in [0.717, 1.165) is 11.6 Å². The molecule has 0 radical (unpaired) electrons. The number of carbonyl (C=O) groups excluding carboxylic acids is 4. The summed E-state index contributed by atoms with van der Waals surface area (Å²) in [7, 11) is 0. The Morgan fingerprint density at radius 2 is 1.62 bits per heavy atom. The fraction of sp³-hybridized carbons (Fsp3) is 0.296. The van der Waals surface area contributed by atoms with Gasteiger partial charge in [-0.1, -0.05) is 30.6 Å². The first-order valence-electron chi connectivity index (χ1n) is 11.9. The fourth-order valence-electron chi connectivity index (χ4n) is 3.92. The molecule has 0 N–H and O–H groups in total. The van der Waals surface area contributed by atoms with E-state index in [1.54, 1.807) is 31.2 Å². The molecule has 0 saturated heterocycles.